The molecule has 0 fully saturated rings. The lowest BCUT2D eigenvalue weighted by atomic mass is 10.1. The van der Waals surface area contributed by atoms with Crippen molar-refractivity contribution in [3.63, 3.8) is 0 Å². The van der Waals surface area contributed by atoms with Crippen molar-refractivity contribution in [3.8, 4) is 0 Å². The quantitative estimate of drug-likeness (QED) is 0.455. The average molecular weight is 299 g/mol. The molecule has 0 aliphatic heterocycles. The molecule has 0 spiro atoms. The second-order valence-corrected chi connectivity index (χ2v) is 4.99. The molecule has 0 aliphatic rings. The summed E-state index contributed by atoms with van der Waals surface area (Å²) in [4.78, 5) is 0. The third kappa shape index (κ3) is 6.23. The van der Waals surface area contributed by atoms with Gasteiger partial charge in [0.15, 0.2) is 0 Å². The van der Waals surface area contributed by atoms with Crippen LogP contribution in [0.1, 0.15) is 50.7 Å². The largest absolute Gasteiger partial charge is 0.373 e. The van der Waals surface area contributed by atoms with Gasteiger partial charge in [0.1, 0.15) is 0 Å². The van der Waals surface area contributed by atoms with E-state index in [2.05, 4.69) is 47.1 Å². The van der Waals surface area contributed by atoms with E-state index in [1.807, 2.05) is 6.07 Å². The van der Waals surface area contributed by atoms with Crippen molar-refractivity contribution in [3.05, 3.63) is 35.9 Å². The van der Waals surface area contributed by atoms with E-state index in [4.69, 9.17) is 4.74 Å². The van der Waals surface area contributed by atoms with Crippen LogP contribution in [0.25, 0.3) is 0 Å². The van der Waals surface area contributed by atoms with Crippen molar-refractivity contribution in [1.82, 2.24) is 0 Å². The Balaban J connectivity index is 2.20. The maximum absolute atomic E-state index is 5.91. The highest BCUT2D eigenvalue weighted by atomic mass is 79.9. The Morgan fingerprint density at radius 1 is 1.06 bits per heavy atom. The van der Waals surface area contributed by atoms with E-state index >= 15 is 0 Å². The van der Waals surface area contributed by atoms with Gasteiger partial charge < -0.3 is 4.74 Å². The summed E-state index contributed by atoms with van der Waals surface area (Å²) in [7, 11) is 0. The first-order valence-electron chi connectivity index (χ1n) is 6.61. The number of hydrogen-bond acceptors (Lipinski definition) is 1. The first kappa shape index (κ1) is 14.7. The molecule has 0 radical (unpaired) electrons. The maximum atomic E-state index is 5.91. The molecule has 0 aromatic heterocycles. The van der Waals surface area contributed by atoms with Gasteiger partial charge in [0, 0.05) is 11.9 Å². The van der Waals surface area contributed by atoms with Crippen LogP contribution in [0.5, 0.6) is 0 Å². The van der Waals surface area contributed by atoms with Crippen molar-refractivity contribution in [2.75, 3.05) is 11.9 Å². The summed E-state index contributed by atoms with van der Waals surface area (Å²) in [5, 5.41) is 0.867. The van der Waals surface area contributed by atoms with Gasteiger partial charge in [0.05, 0.1) is 6.10 Å². The molecule has 2 heteroatoms. The molecule has 0 N–H and O–H groups in total. The zero-order valence-electron chi connectivity index (χ0n) is 10.7. The molecule has 0 aliphatic carbocycles. The van der Waals surface area contributed by atoms with Crippen molar-refractivity contribution in [2.45, 2.75) is 45.1 Å². The van der Waals surface area contributed by atoms with Crippen LogP contribution < -0.4 is 0 Å². The van der Waals surface area contributed by atoms with Gasteiger partial charge in [0.25, 0.3) is 0 Å². The minimum atomic E-state index is 0.197. The van der Waals surface area contributed by atoms with Gasteiger partial charge >= 0.3 is 0 Å². The third-order valence-electron chi connectivity index (χ3n) is 2.88. The molecule has 1 aromatic rings. The molecule has 1 nitrogen and oxygen atoms in total. The Morgan fingerprint density at radius 3 is 2.41 bits per heavy atom. The number of ether oxygens (including phenoxy) is 1. The molecule has 1 atom stereocenters. The summed E-state index contributed by atoms with van der Waals surface area (Å²) in [6.45, 7) is 3.11. The van der Waals surface area contributed by atoms with Gasteiger partial charge in [-0.25, -0.2) is 0 Å². The van der Waals surface area contributed by atoms with E-state index in [1.165, 1.54) is 37.7 Å². The minimum Gasteiger partial charge on any atom is -0.373 e. The lowest BCUT2D eigenvalue weighted by molar-refractivity contribution is 0.0668. The fourth-order valence-electron chi connectivity index (χ4n) is 1.83. The van der Waals surface area contributed by atoms with Crippen molar-refractivity contribution in [2.24, 2.45) is 0 Å². The predicted molar refractivity (Wildman–Crippen MR) is 77.7 cm³/mol. The van der Waals surface area contributed by atoms with Crippen LogP contribution in [0.2, 0.25) is 0 Å². The highest BCUT2D eigenvalue weighted by molar-refractivity contribution is 9.09. The highest BCUT2D eigenvalue weighted by Crippen LogP contribution is 2.19. The summed E-state index contributed by atoms with van der Waals surface area (Å²) in [6.07, 6.45) is 6.65. The van der Waals surface area contributed by atoms with Crippen LogP contribution >= 0.6 is 15.9 Å². The van der Waals surface area contributed by atoms with Crippen molar-refractivity contribution >= 4 is 15.9 Å². The fraction of sp³-hybridized carbons (Fsp3) is 0.600. The average Bonchev–Trinajstić information content (AvgIpc) is 2.39. The number of rotatable bonds is 9. The van der Waals surface area contributed by atoms with E-state index in [0.29, 0.717) is 0 Å². The second kappa shape index (κ2) is 9.67. The molecule has 1 rings (SSSR count). The molecule has 0 saturated heterocycles. The molecule has 17 heavy (non-hydrogen) atoms. The number of benzene rings is 1. The fourth-order valence-corrected chi connectivity index (χ4v) is 2.39. The zero-order chi connectivity index (χ0) is 12.3. The lowest BCUT2D eigenvalue weighted by Gasteiger charge is -2.15. The summed E-state index contributed by atoms with van der Waals surface area (Å²) >= 11 is 3.52. The van der Waals surface area contributed by atoms with Crippen LogP contribution in [0.4, 0.5) is 0 Å². The lowest BCUT2D eigenvalue weighted by Crippen LogP contribution is -2.06. The predicted octanol–water partition coefficient (Wildman–Crippen LogP) is 5.11. The maximum Gasteiger partial charge on any atom is 0.0921 e. The third-order valence-corrected chi connectivity index (χ3v) is 3.47. The molecular formula is C15H23BrO. The Bertz CT molecular complexity index is 274. The second-order valence-electron chi connectivity index (χ2n) is 4.34. The molecule has 1 aromatic carbocycles. The van der Waals surface area contributed by atoms with Gasteiger partial charge in [-0.1, -0.05) is 78.9 Å². The summed E-state index contributed by atoms with van der Waals surface area (Å²) in [6, 6.07) is 10.4. The Morgan fingerprint density at radius 2 is 1.76 bits per heavy atom. The topological polar surface area (TPSA) is 9.23 Å². The smallest absolute Gasteiger partial charge is 0.0921 e. The summed E-state index contributed by atoms with van der Waals surface area (Å²) < 4.78 is 5.91. The van der Waals surface area contributed by atoms with Crippen molar-refractivity contribution in [1.29, 1.82) is 0 Å². The zero-order valence-corrected chi connectivity index (χ0v) is 12.3. The Labute approximate surface area is 114 Å². The molecule has 1 unspecified atom stereocenters. The van der Waals surface area contributed by atoms with Crippen LogP contribution in [0, 0.1) is 0 Å². The first-order valence-corrected chi connectivity index (χ1v) is 7.73. The van der Waals surface area contributed by atoms with Crippen LogP contribution in [-0.4, -0.2) is 11.9 Å². The monoisotopic (exact) mass is 298 g/mol. The van der Waals surface area contributed by atoms with Gasteiger partial charge in [0.2, 0.25) is 0 Å². The number of unbranched alkanes of at least 4 members (excludes halogenated alkanes) is 4. The summed E-state index contributed by atoms with van der Waals surface area (Å²) in [5.41, 5.74) is 1.26. The Kier molecular flexibility index (Phi) is 8.37. The van der Waals surface area contributed by atoms with Gasteiger partial charge in [-0.3, -0.25) is 0 Å². The molecule has 0 heterocycles. The molecule has 96 valence electrons. The number of halogens is 1. The Hall–Kier alpha value is -0.340. The van der Waals surface area contributed by atoms with Crippen LogP contribution in [-0.2, 0) is 4.74 Å². The van der Waals surface area contributed by atoms with Crippen LogP contribution in [0.3, 0.4) is 0 Å². The molecular weight excluding hydrogens is 276 g/mol. The van der Waals surface area contributed by atoms with E-state index in [1.54, 1.807) is 0 Å². The number of alkyl halides is 1. The number of hydrogen-bond donors (Lipinski definition) is 0. The van der Waals surface area contributed by atoms with Gasteiger partial charge in [-0.15, -0.1) is 0 Å². The van der Waals surface area contributed by atoms with E-state index in [-0.39, 0.29) is 6.10 Å². The highest BCUT2D eigenvalue weighted by Gasteiger charge is 2.09. The van der Waals surface area contributed by atoms with Gasteiger partial charge in [-0.05, 0) is 12.0 Å². The van der Waals surface area contributed by atoms with Gasteiger partial charge in [-0.2, -0.15) is 0 Å². The van der Waals surface area contributed by atoms with E-state index < -0.39 is 0 Å². The summed E-state index contributed by atoms with van der Waals surface area (Å²) in [5.74, 6) is 0. The standard InChI is InChI=1S/C15H23BrO/c1-2-3-4-5-9-12-17-15(13-16)14-10-7-6-8-11-14/h6-8,10-11,15H,2-5,9,12-13H2,1H3. The van der Waals surface area contributed by atoms with Crippen LogP contribution in [0.15, 0.2) is 30.3 Å². The minimum absolute atomic E-state index is 0.197. The first-order chi connectivity index (χ1) is 8.38. The van der Waals surface area contributed by atoms with E-state index in [9.17, 15) is 0 Å². The molecule has 0 amide bonds. The SMILES string of the molecule is CCCCCCCOC(CBr)c1ccccc1. The van der Waals surface area contributed by atoms with E-state index in [0.717, 1.165) is 11.9 Å². The molecule has 0 saturated carbocycles. The normalized spacial score (nSPS) is 12.6. The molecule has 0 bridgehead atoms. The van der Waals surface area contributed by atoms with Crippen molar-refractivity contribution < 1.29 is 4.74 Å².